The van der Waals surface area contributed by atoms with E-state index in [2.05, 4.69) is 38.7 Å². The number of hydrogen-bond acceptors (Lipinski definition) is 4. The van der Waals surface area contributed by atoms with Gasteiger partial charge in [0.25, 0.3) is 0 Å². The van der Waals surface area contributed by atoms with Gasteiger partial charge in [-0.3, -0.25) is 9.59 Å². The molecule has 4 atom stereocenters. The smallest absolute Gasteiger partial charge is 0.310 e. The van der Waals surface area contributed by atoms with Crippen molar-refractivity contribution in [3.63, 3.8) is 0 Å². The highest BCUT2D eigenvalue weighted by Gasteiger charge is 2.70. The van der Waals surface area contributed by atoms with E-state index in [0.29, 0.717) is 12.5 Å². The summed E-state index contributed by atoms with van der Waals surface area (Å²) >= 11 is 3.42. The minimum Gasteiger partial charge on any atom is -0.465 e. The van der Waals surface area contributed by atoms with Gasteiger partial charge in [0.15, 0.2) is 0 Å². The van der Waals surface area contributed by atoms with Crippen LogP contribution in [0.2, 0.25) is 0 Å². The summed E-state index contributed by atoms with van der Waals surface area (Å²) in [6.45, 7) is 2.45. The number of carbonyl (C=O) groups excluding carboxylic acids is 2. The van der Waals surface area contributed by atoms with Crippen molar-refractivity contribution in [2.45, 2.75) is 25.7 Å². The molecule has 154 valence electrons. The zero-order chi connectivity index (χ0) is 20.0. The Morgan fingerprint density at radius 1 is 1.07 bits per heavy atom. The Labute approximate surface area is 179 Å². The highest BCUT2D eigenvalue weighted by molar-refractivity contribution is 9.10. The van der Waals surface area contributed by atoms with Crippen LogP contribution in [0.5, 0.6) is 0 Å². The van der Waals surface area contributed by atoms with Gasteiger partial charge in [0.1, 0.15) is 0 Å². The number of rotatable bonds is 5. The average Bonchev–Trinajstić information content (AvgIpc) is 3.41. The summed E-state index contributed by atoms with van der Waals surface area (Å²) < 4.78 is 6.77. The molecule has 1 aliphatic heterocycles. The maximum absolute atomic E-state index is 13.3. The molecule has 0 aromatic heterocycles. The molecule has 0 unspecified atom stereocenters. The SMILES string of the molecule is O=C(OCC1CCNCC1)[C@H]1[C@H](C(=O)Nc2ccc(Br)cc2)[C@@H]2C=C[C@H]1C21CC1. The molecule has 5 nitrogen and oxygen atoms in total. The number of anilines is 1. The fraction of sp³-hybridized carbons (Fsp3) is 0.565. The average molecular weight is 459 g/mol. The lowest BCUT2D eigenvalue weighted by Crippen LogP contribution is -2.38. The molecule has 3 aliphatic carbocycles. The largest absolute Gasteiger partial charge is 0.465 e. The monoisotopic (exact) mass is 458 g/mol. The maximum atomic E-state index is 13.3. The predicted octanol–water partition coefficient (Wildman–Crippen LogP) is 3.76. The Morgan fingerprint density at radius 2 is 1.72 bits per heavy atom. The highest BCUT2D eigenvalue weighted by atomic mass is 79.9. The molecule has 1 amide bonds. The van der Waals surface area contributed by atoms with Gasteiger partial charge in [-0.1, -0.05) is 28.1 Å². The first-order chi connectivity index (χ1) is 14.1. The first kappa shape index (κ1) is 19.3. The van der Waals surface area contributed by atoms with Gasteiger partial charge >= 0.3 is 5.97 Å². The zero-order valence-electron chi connectivity index (χ0n) is 16.4. The zero-order valence-corrected chi connectivity index (χ0v) is 18.0. The van der Waals surface area contributed by atoms with Gasteiger partial charge < -0.3 is 15.4 Å². The summed E-state index contributed by atoms with van der Waals surface area (Å²) in [7, 11) is 0. The minimum atomic E-state index is -0.357. The number of nitrogens with one attached hydrogen (secondary N) is 2. The topological polar surface area (TPSA) is 67.4 Å². The van der Waals surface area contributed by atoms with Crippen LogP contribution in [0.3, 0.4) is 0 Å². The number of carbonyl (C=O) groups is 2. The van der Waals surface area contributed by atoms with Crippen molar-refractivity contribution in [1.82, 2.24) is 5.32 Å². The van der Waals surface area contributed by atoms with Crippen LogP contribution in [0, 0.1) is 35.0 Å². The molecule has 2 N–H and O–H groups in total. The Hall–Kier alpha value is -1.66. The van der Waals surface area contributed by atoms with Gasteiger partial charge in [-0.2, -0.15) is 0 Å². The van der Waals surface area contributed by atoms with Crippen LogP contribution in [0.15, 0.2) is 40.9 Å². The van der Waals surface area contributed by atoms with Crippen LogP contribution in [-0.4, -0.2) is 31.6 Å². The summed E-state index contributed by atoms with van der Waals surface area (Å²) in [6.07, 6.45) is 8.66. The normalized spacial score (nSPS) is 31.8. The Kier molecular flexibility index (Phi) is 5.03. The van der Waals surface area contributed by atoms with Crippen molar-refractivity contribution in [2.75, 3.05) is 25.0 Å². The molecule has 1 heterocycles. The van der Waals surface area contributed by atoms with Crippen molar-refractivity contribution in [1.29, 1.82) is 0 Å². The number of hydrogen-bond donors (Lipinski definition) is 2. The van der Waals surface area contributed by atoms with E-state index in [4.69, 9.17) is 4.74 Å². The van der Waals surface area contributed by atoms with Crippen molar-refractivity contribution >= 4 is 33.5 Å². The number of allylic oxidation sites excluding steroid dienone is 2. The van der Waals surface area contributed by atoms with Gasteiger partial charge in [-0.25, -0.2) is 0 Å². The maximum Gasteiger partial charge on any atom is 0.310 e. The molecule has 0 radical (unpaired) electrons. The Balaban J connectivity index is 1.31. The minimum absolute atomic E-state index is 0.0562. The quantitative estimate of drug-likeness (QED) is 0.520. The molecule has 2 saturated carbocycles. The molecular formula is C23H27BrN2O3. The molecule has 2 bridgehead atoms. The summed E-state index contributed by atoms with van der Waals surface area (Å²) in [4.78, 5) is 26.4. The fourth-order valence-corrected chi connectivity index (χ4v) is 6.04. The fourth-order valence-electron chi connectivity index (χ4n) is 5.78. The van der Waals surface area contributed by atoms with E-state index in [0.717, 1.165) is 48.9 Å². The Bertz CT molecular complexity index is 827. The molecule has 6 heteroatoms. The Morgan fingerprint density at radius 3 is 2.38 bits per heavy atom. The number of ether oxygens (including phenoxy) is 1. The third-order valence-electron chi connectivity index (χ3n) is 7.45. The van der Waals surface area contributed by atoms with E-state index < -0.39 is 0 Å². The van der Waals surface area contributed by atoms with Crippen LogP contribution < -0.4 is 10.6 Å². The number of esters is 1. The van der Waals surface area contributed by atoms with E-state index >= 15 is 0 Å². The van der Waals surface area contributed by atoms with Crippen LogP contribution in [0.4, 0.5) is 5.69 Å². The van der Waals surface area contributed by atoms with E-state index in [1.54, 1.807) is 0 Å². The van der Waals surface area contributed by atoms with E-state index in [1.165, 1.54) is 0 Å². The second kappa shape index (κ2) is 7.55. The number of halogens is 1. The molecule has 3 fully saturated rings. The number of piperidine rings is 1. The van der Waals surface area contributed by atoms with Crippen molar-refractivity contribution in [3.05, 3.63) is 40.9 Å². The standard InChI is InChI=1S/C23H27BrN2O3/c24-15-1-3-16(4-2-15)26-21(27)19-17-5-6-18(23(17)9-10-23)20(19)22(28)29-13-14-7-11-25-12-8-14/h1-6,14,17-20,25H,7-13H2,(H,26,27)/t17-,18+,19+,20+/m0/s1. The molecule has 4 aliphatic rings. The number of benzene rings is 1. The van der Waals surface area contributed by atoms with Crippen LogP contribution in [0.1, 0.15) is 25.7 Å². The van der Waals surface area contributed by atoms with Crippen molar-refractivity contribution in [3.8, 4) is 0 Å². The second-order valence-corrected chi connectivity index (χ2v) is 9.96. The summed E-state index contributed by atoms with van der Waals surface area (Å²) in [5.74, 6) is -0.199. The van der Waals surface area contributed by atoms with Gasteiger partial charge in [0.2, 0.25) is 5.91 Å². The molecule has 5 rings (SSSR count). The van der Waals surface area contributed by atoms with Gasteiger partial charge in [-0.15, -0.1) is 0 Å². The molecule has 29 heavy (non-hydrogen) atoms. The first-order valence-corrected chi connectivity index (χ1v) is 11.5. The third kappa shape index (κ3) is 3.44. The summed E-state index contributed by atoms with van der Waals surface area (Å²) in [6, 6.07) is 7.57. The van der Waals surface area contributed by atoms with E-state index in [9.17, 15) is 9.59 Å². The lowest BCUT2D eigenvalue weighted by molar-refractivity contribution is -0.154. The van der Waals surface area contributed by atoms with Crippen LogP contribution in [0.25, 0.3) is 0 Å². The summed E-state index contributed by atoms with van der Waals surface area (Å²) in [5.41, 5.74) is 0.886. The van der Waals surface area contributed by atoms with Gasteiger partial charge in [0, 0.05) is 10.2 Å². The van der Waals surface area contributed by atoms with Crippen molar-refractivity contribution < 1.29 is 14.3 Å². The van der Waals surface area contributed by atoms with Crippen LogP contribution in [-0.2, 0) is 14.3 Å². The molecule has 1 saturated heterocycles. The van der Waals surface area contributed by atoms with Crippen molar-refractivity contribution in [2.24, 2.45) is 35.0 Å². The molecule has 1 spiro atoms. The lowest BCUT2D eigenvalue weighted by atomic mass is 9.82. The van der Waals surface area contributed by atoms with Crippen LogP contribution >= 0.6 is 15.9 Å². The predicted molar refractivity (Wildman–Crippen MR) is 114 cm³/mol. The molecule has 1 aromatic rings. The highest BCUT2D eigenvalue weighted by Crippen LogP contribution is 2.72. The summed E-state index contributed by atoms with van der Waals surface area (Å²) in [5, 5.41) is 6.38. The first-order valence-electron chi connectivity index (χ1n) is 10.7. The third-order valence-corrected chi connectivity index (χ3v) is 7.98. The van der Waals surface area contributed by atoms with E-state index in [-0.39, 0.29) is 41.0 Å². The molecule has 1 aromatic carbocycles. The molecular weight excluding hydrogens is 432 g/mol. The lowest BCUT2D eigenvalue weighted by Gasteiger charge is -2.27. The van der Waals surface area contributed by atoms with Gasteiger partial charge in [-0.05, 0) is 86.2 Å². The van der Waals surface area contributed by atoms with Gasteiger partial charge in [0.05, 0.1) is 18.4 Å². The second-order valence-electron chi connectivity index (χ2n) is 9.04. The van der Waals surface area contributed by atoms with E-state index in [1.807, 2.05) is 24.3 Å². The number of amides is 1.